The van der Waals surface area contributed by atoms with Crippen molar-refractivity contribution in [1.29, 1.82) is 0 Å². The zero-order valence-corrected chi connectivity index (χ0v) is 12.6. The highest BCUT2D eigenvalue weighted by molar-refractivity contribution is 5.89. The molecule has 0 spiro atoms. The van der Waals surface area contributed by atoms with E-state index in [0.29, 0.717) is 28.4 Å². The maximum Gasteiger partial charge on any atom is 0.338 e. The molecule has 23 heavy (non-hydrogen) atoms. The lowest BCUT2D eigenvalue weighted by atomic mass is 10.2. The predicted molar refractivity (Wildman–Crippen MR) is 80.6 cm³/mol. The van der Waals surface area contributed by atoms with Crippen LogP contribution in [0.25, 0.3) is 5.65 Å². The second kappa shape index (κ2) is 5.96. The second-order valence-corrected chi connectivity index (χ2v) is 4.89. The van der Waals surface area contributed by atoms with Gasteiger partial charge in [-0.05, 0) is 31.2 Å². The first kappa shape index (κ1) is 14.8. The van der Waals surface area contributed by atoms with Gasteiger partial charge in [0.15, 0.2) is 5.65 Å². The molecular formula is C16H14N2O5. The number of carbonyl (C=O) groups is 1. The number of hydrogen-bond acceptors (Lipinski definition) is 6. The molecule has 3 aromatic rings. The topological polar surface area (TPSA) is 83.0 Å². The van der Waals surface area contributed by atoms with Crippen LogP contribution in [0.4, 0.5) is 0 Å². The van der Waals surface area contributed by atoms with Gasteiger partial charge in [0.2, 0.25) is 0 Å². The summed E-state index contributed by atoms with van der Waals surface area (Å²) in [5.41, 5.74) is 0.768. The molecule has 0 amide bonds. The Hall–Kier alpha value is -3.09. The molecule has 0 saturated carbocycles. The van der Waals surface area contributed by atoms with Crippen LogP contribution >= 0.6 is 0 Å². The van der Waals surface area contributed by atoms with E-state index < -0.39 is 5.97 Å². The summed E-state index contributed by atoms with van der Waals surface area (Å²) in [5, 5.41) is 0. The van der Waals surface area contributed by atoms with E-state index >= 15 is 0 Å². The summed E-state index contributed by atoms with van der Waals surface area (Å²) in [6.45, 7) is 1.62. The van der Waals surface area contributed by atoms with Crippen molar-refractivity contribution >= 4 is 11.6 Å². The summed E-state index contributed by atoms with van der Waals surface area (Å²) in [5.74, 6) is 0.719. The highest BCUT2D eigenvalue weighted by Crippen LogP contribution is 2.13. The van der Waals surface area contributed by atoms with Gasteiger partial charge in [-0.1, -0.05) is 0 Å². The molecule has 2 heterocycles. The molecule has 7 nitrogen and oxygen atoms in total. The number of rotatable bonds is 4. The normalized spacial score (nSPS) is 10.7. The number of aryl methyl sites for hydroxylation is 1. The summed E-state index contributed by atoms with van der Waals surface area (Å²) >= 11 is 0. The third kappa shape index (κ3) is 3.08. The number of ether oxygens (including phenoxy) is 2. The van der Waals surface area contributed by atoms with E-state index in [2.05, 4.69) is 4.98 Å². The summed E-state index contributed by atoms with van der Waals surface area (Å²) in [7, 11) is 1.55. The Kier molecular flexibility index (Phi) is 3.84. The van der Waals surface area contributed by atoms with Crippen LogP contribution in [0.1, 0.15) is 21.8 Å². The molecule has 0 aliphatic rings. The van der Waals surface area contributed by atoms with E-state index in [1.54, 1.807) is 44.4 Å². The van der Waals surface area contributed by atoms with Crippen molar-refractivity contribution < 1.29 is 18.8 Å². The van der Waals surface area contributed by atoms with Gasteiger partial charge in [0.25, 0.3) is 5.56 Å². The van der Waals surface area contributed by atoms with Gasteiger partial charge < -0.3 is 14.0 Å². The number of fused-ring (bicyclic) bond motifs is 1. The van der Waals surface area contributed by atoms with Crippen LogP contribution < -0.4 is 10.3 Å². The molecular weight excluding hydrogens is 300 g/mol. The smallest absolute Gasteiger partial charge is 0.338 e. The summed E-state index contributed by atoms with van der Waals surface area (Å²) < 4.78 is 16.5. The number of esters is 1. The Labute approximate surface area is 131 Å². The minimum absolute atomic E-state index is 0.0964. The van der Waals surface area contributed by atoms with E-state index in [1.165, 1.54) is 6.07 Å². The fourth-order valence-corrected chi connectivity index (χ4v) is 2.10. The first-order chi connectivity index (χ1) is 11.1. The minimum Gasteiger partial charge on any atom is -0.497 e. The molecule has 0 aliphatic heterocycles. The first-order valence-corrected chi connectivity index (χ1v) is 6.87. The van der Waals surface area contributed by atoms with Crippen LogP contribution in [0, 0.1) is 6.92 Å². The van der Waals surface area contributed by atoms with Crippen LogP contribution in [0.5, 0.6) is 5.75 Å². The summed E-state index contributed by atoms with van der Waals surface area (Å²) in [6.07, 6.45) is 0. The van der Waals surface area contributed by atoms with Gasteiger partial charge in [-0.3, -0.25) is 4.79 Å². The van der Waals surface area contributed by atoms with Gasteiger partial charge in [0.1, 0.15) is 18.1 Å². The largest absolute Gasteiger partial charge is 0.497 e. The molecule has 0 N–H and O–H groups in total. The highest BCUT2D eigenvalue weighted by atomic mass is 16.5. The molecule has 0 aliphatic carbocycles. The maximum atomic E-state index is 12.0. The molecule has 0 atom stereocenters. The molecule has 0 bridgehead atoms. The van der Waals surface area contributed by atoms with Crippen LogP contribution in [0.15, 0.2) is 45.7 Å². The summed E-state index contributed by atoms with van der Waals surface area (Å²) in [6, 6.07) is 9.45. The molecule has 0 saturated heterocycles. The quantitative estimate of drug-likeness (QED) is 0.685. The van der Waals surface area contributed by atoms with Gasteiger partial charge >= 0.3 is 5.97 Å². The average molecular weight is 314 g/mol. The van der Waals surface area contributed by atoms with Crippen molar-refractivity contribution in [2.75, 3.05) is 7.11 Å². The van der Waals surface area contributed by atoms with Crippen LogP contribution in [0.3, 0.4) is 0 Å². The first-order valence-electron chi connectivity index (χ1n) is 6.87. The fraction of sp³-hybridized carbons (Fsp3) is 0.188. The number of hydrogen-bond donors (Lipinski definition) is 0. The molecule has 2 aromatic heterocycles. The van der Waals surface area contributed by atoms with Crippen LogP contribution in [0.2, 0.25) is 0 Å². The molecule has 7 heteroatoms. The van der Waals surface area contributed by atoms with Gasteiger partial charge in [0.05, 0.1) is 18.4 Å². The Bertz CT molecular complexity index is 908. The molecule has 0 fully saturated rings. The van der Waals surface area contributed by atoms with Crippen LogP contribution in [-0.2, 0) is 11.3 Å². The molecule has 3 rings (SSSR count). The lowest BCUT2D eigenvalue weighted by molar-refractivity contribution is 0.0467. The average Bonchev–Trinajstić information content (AvgIpc) is 2.93. The molecule has 0 radical (unpaired) electrons. The monoisotopic (exact) mass is 314 g/mol. The Morgan fingerprint density at radius 3 is 2.70 bits per heavy atom. The van der Waals surface area contributed by atoms with Crippen molar-refractivity contribution in [2.45, 2.75) is 13.5 Å². The van der Waals surface area contributed by atoms with E-state index in [1.807, 2.05) is 0 Å². The van der Waals surface area contributed by atoms with E-state index in [4.69, 9.17) is 14.0 Å². The molecule has 1 aromatic carbocycles. The Morgan fingerprint density at radius 1 is 1.26 bits per heavy atom. The van der Waals surface area contributed by atoms with Gasteiger partial charge in [-0.2, -0.15) is 0 Å². The molecule has 0 unspecified atom stereocenters. The van der Waals surface area contributed by atoms with Gasteiger partial charge in [0, 0.05) is 12.1 Å². The van der Waals surface area contributed by atoms with Crippen LogP contribution in [-0.4, -0.2) is 22.6 Å². The van der Waals surface area contributed by atoms with Crippen molar-refractivity contribution in [3.8, 4) is 5.75 Å². The van der Waals surface area contributed by atoms with Gasteiger partial charge in [-0.15, -0.1) is 4.57 Å². The Balaban J connectivity index is 1.74. The lowest BCUT2D eigenvalue weighted by Crippen LogP contribution is -2.15. The lowest BCUT2D eigenvalue weighted by Gasteiger charge is -2.05. The van der Waals surface area contributed by atoms with Crippen molar-refractivity contribution in [3.05, 3.63) is 63.8 Å². The van der Waals surface area contributed by atoms with Crippen molar-refractivity contribution in [1.82, 2.24) is 9.56 Å². The Morgan fingerprint density at radius 2 is 2.00 bits per heavy atom. The highest BCUT2D eigenvalue weighted by Gasteiger charge is 2.11. The van der Waals surface area contributed by atoms with Crippen molar-refractivity contribution in [2.24, 2.45) is 0 Å². The SMILES string of the molecule is COc1ccc(C(=O)OCc2cc(=O)n3oc(C)cc3n2)cc1. The fourth-order valence-electron chi connectivity index (χ4n) is 2.10. The number of nitrogens with zero attached hydrogens (tertiary/aromatic N) is 2. The van der Waals surface area contributed by atoms with E-state index in [-0.39, 0.29) is 12.2 Å². The van der Waals surface area contributed by atoms with Gasteiger partial charge in [-0.25, -0.2) is 9.78 Å². The van der Waals surface area contributed by atoms with Crippen molar-refractivity contribution in [3.63, 3.8) is 0 Å². The molecule has 118 valence electrons. The zero-order valence-electron chi connectivity index (χ0n) is 12.6. The third-order valence-electron chi connectivity index (χ3n) is 3.20. The predicted octanol–water partition coefficient (Wildman–Crippen LogP) is 1.96. The summed E-state index contributed by atoms with van der Waals surface area (Å²) in [4.78, 5) is 28.1. The number of methoxy groups -OCH3 is 1. The number of aromatic nitrogens is 2. The zero-order chi connectivity index (χ0) is 16.4. The maximum absolute atomic E-state index is 12.0. The second-order valence-electron chi connectivity index (χ2n) is 4.89. The van der Waals surface area contributed by atoms with E-state index in [9.17, 15) is 9.59 Å². The third-order valence-corrected chi connectivity index (χ3v) is 3.20. The minimum atomic E-state index is -0.502. The number of benzene rings is 1. The number of carbonyl (C=O) groups excluding carboxylic acids is 1. The standard InChI is InChI=1S/C16H14N2O5/c1-10-7-14-17-12(8-15(19)18(14)23-10)9-22-16(20)11-3-5-13(21-2)6-4-11/h3-8H,9H2,1-2H3. The van der Waals surface area contributed by atoms with E-state index in [0.717, 1.165) is 4.57 Å².